The molecule has 0 bridgehead atoms. The first-order chi connectivity index (χ1) is 13.7. The Labute approximate surface area is 163 Å². The minimum Gasteiger partial charge on any atom is -0.465 e. The van der Waals surface area contributed by atoms with Gasteiger partial charge in [-0.2, -0.15) is 0 Å². The molecule has 0 fully saturated rings. The van der Waals surface area contributed by atoms with Crippen molar-refractivity contribution in [3.05, 3.63) is 96.5 Å². The van der Waals surface area contributed by atoms with Gasteiger partial charge in [0.2, 0.25) is 5.78 Å². The Bertz CT molecular complexity index is 1010. The molecule has 2 heterocycles. The molecule has 0 amide bonds. The number of furan rings is 1. The summed E-state index contributed by atoms with van der Waals surface area (Å²) in [6.07, 6.45) is 9.70. The summed E-state index contributed by atoms with van der Waals surface area (Å²) in [6, 6.07) is 16.7. The molecule has 5 heteroatoms. The third-order valence-electron chi connectivity index (χ3n) is 3.99. The lowest BCUT2D eigenvalue weighted by molar-refractivity contribution is 0.102. The van der Waals surface area contributed by atoms with E-state index in [-0.39, 0.29) is 5.78 Å². The highest BCUT2D eigenvalue weighted by atomic mass is 16.5. The van der Waals surface area contributed by atoms with Crippen molar-refractivity contribution in [2.45, 2.75) is 13.3 Å². The van der Waals surface area contributed by atoms with E-state index in [1.54, 1.807) is 31.4 Å². The lowest BCUT2D eigenvalue weighted by atomic mass is 10.1. The fourth-order valence-corrected chi connectivity index (χ4v) is 2.66. The Balaban J connectivity index is 0.000000161. The zero-order valence-corrected chi connectivity index (χ0v) is 15.5. The molecule has 0 saturated heterocycles. The van der Waals surface area contributed by atoms with Crippen LogP contribution in [0.2, 0.25) is 0 Å². The second kappa shape index (κ2) is 9.39. The summed E-state index contributed by atoms with van der Waals surface area (Å²) in [5.41, 5.74) is 4.46. The molecule has 142 valence electrons. The molecule has 0 atom stereocenters. The fraction of sp³-hybridized carbons (Fsp3) is 0.0870. The third kappa shape index (κ3) is 4.78. The van der Waals surface area contributed by atoms with Crippen LogP contribution >= 0.6 is 0 Å². The van der Waals surface area contributed by atoms with Crippen molar-refractivity contribution in [2.75, 3.05) is 5.48 Å². The zero-order valence-electron chi connectivity index (χ0n) is 15.5. The van der Waals surface area contributed by atoms with Gasteiger partial charge in [0.05, 0.1) is 11.9 Å². The number of fused-ring (bicyclic) bond motifs is 1. The molecule has 0 aliphatic carbocycles. The number of nitrogens with one attached hydrogen (secondary N) is 1. The summed E-state index contributed by atoms with van der Waals surface area (Å²) in [5.74, 6) is 1.12. The maximum atomic E-state index is 11.4. The highest BCUT2D eigenvalue weighted by molar-refractivity contribution is 6.04. The van der Waals surface area contributed by atoms with Crippen LogP contribution in [0.1, 0.15) is 29.5 Å². The van der Waals surface area contributed by atoms with E-state index < -0.39 is 0 Å². The largest absolute Gasteiger partial charge is 0.465 e. The molecule has 0 saturated carbocycles. The normalized spacial score (nSPS) is 12.9. The van der Waals surface area contributed by atoms with E-state index in [0.717, 1.165) is 28.7 Å². The maximum absolute atomic E-state index is 11.4. The van der Waals surface area contributed by atoms with Gasteiger partial charge in [0, 0.05) is 10.9 Å². The summed E-state index contributed by atoms with van der Waals surface area (Å²) in [5, 5.41) is 9.69. The van der Waals surface area contributed by atoms with Crippen LogP contribution in [-0.2, 0) is 4.74 Å². The Kier molecular flexibility index (Phi) is 6.44. The molecule has 4 rings (SSSR count). The molecule has 3 aromatic rings. The second-order valence-electron chi connectivity index (χ2n) is 6.00. The lowest BCUT2D eigenvalue weighted by Gasteiger charge is -2.10. The monoisotopic (exact) mass is 375 g/mol. The topological polar surface area (TPSA) is 71.7 Å². The minimum absolute atomic E-state index is 0.0938. The molecule has 5 nitrogen and oxygen atoms in total. The van der Waals surface area contributed by atoms with E-state index in [2.05, 4.69) is 5.48 Å². The van der Waals surface area contributed by atoms with Crippen molar-refractivity contribution >= 4 is 28.2 Å². The summed E-state index contributed by atoms with van der Waals surface area (Å²) in [4.78, 5) is 11.4. The van der Waals surface area contributed by atoms with Crippen molar-refractivity contribution < 1.29 is 19.2 Å². The average Bonchev–Trinajstić information content (AvgIpc) is 3.20. The molecule has 2 N–H and O–H groups in total. The van der Waals surface area contributed by atoms with Crippen LogP contribution in [0.4, 0.5) is 5.69 Å². The Hall–Kier alpha value is -3.57. The van der Waals surface area contributed by atoms with Crippen LogP contribution in [0, 0.1) is 0 Å². The predicted octanol–water partition coefficient (Wildman–Crippen LogP) is 5.95. The molecule has 28 heavy (non-hydrogen) atoms. The SMILES string of the molecule is C/C=C/C(=O)c1cc2ccccc2o1.ONc1cccc(C2=CCC=CO2)c1. The maximum Gasteiger partial charge on any atom is 0.220 e. The molecular formula is C23H21NO4. The fourth-order valence-electron chi connectivity index (χ4n) is 2.66. The van der Waals surface area contributed by atoms with Gasteiger partial charge in [-0.15, -0.1) is 0 Å². The van der Waals surface area contributed by atoms with Gasteiger partial charge >= 0.3 is 0 Å². The zero-order chi connectivity index (χ0) is 19.8. The molecule has 1 aliphatic rings. The van der Waals surface area contributed by atoms with Crippen LogP contribution in [0.3, 0.4) is 0 Å². The first kappa shape index (κ1) is 19.2. The smallest absolute Gasteiger partial charge is 0.220 e. The third-order valence-corrected chi connectivity index (χ3v) is 3.99. The average molecular weight is 375 g/mol. The molecular weight excluding hydrogens is 354 g/mol. The van der Waals surface area contributed by atoms with Gasteiger partial charge in [-0.1, -0.05) is 36.4 Å². The number of hydrogen-bond donors (Lipinski definition) is 2. The number of ketones is 1. The quantitative estimate of drug-likeness (QED) is 0.335. The number of anilines is 1. The van der Waals surface area contributed by atoms with Crippen molar-refractivity contribution in [1.82, 2.24) is 0 Å². The molecule has 1 aromatic heterocycles. The number of rotatable bonds is 4. The predicted molar refractivity (Wildman–Crippen MR) is 110 cm³/mol. The summed E-state index contributed by atoms with van der Waals surface area (Å²) in [7, 11) is 0. The molecule has 0 spiro atoms. The number of carbonyl (C=O) groups excluding carboxylic acids is 1. The van der Waals surface area contributed by atoms with Crippen LogP contribution < -0.4 is 5.48 Å². The number of carbonyl (C=O) groups is 1. The highest BCUT2D eigenvalue weighted by Crippen LogP contribution is 2.22. The van der Waals surface area contributed by atoms with Gasteiger partial charge in [-0.05, 0) is 55.8 Å². The van der Waals surface area contributed by atoms with Gasteiger partial charge in [0.1, 0.15) is 11.3 Å². The first-order valence-electron chi connectivity index (χ1n) is 8.89. The highest BCUT2D eigenvalue weighted by Gasteiger charge is 2.08. The van der Waals surface area contributed by atoms with Gasteiger partial charge in [0.25, 0.3) is 0 Å². The van der Waals surface area contributed by atoms with Gasteiger partial charge in [-0.25, -0.2) is 0 Å². The number of benzene rings is 2. The van der Waals surface area contributed by atoms with E-state index in [0.29, 0.717) is 11.4 Å². The van der Waals surface area contributed by atoms with E-state index in [1.165, 1.54) is 6.08 Å². The molecule has 0 radical (unpaired) electrons. The standard InChI is InChI=1S/C12H10O2.C11H11NO2/c1-2-5-10(13)12-8-9-6-3-4-7-11(9)14-12;13-12-10-5-3-4-9(8-10)11-6-1-2-7-14-11/h2-8H,1H3;2-8,12-13H,1H2/b5-2+;. The Morgan fingerprint density at radius 2 is 2.00 bits per heavy atom. The number of hydrogen-bond acceptors (Lipinski definition) is 5. The van der Waals surface area contributed by atoms with Crippen molar-refractivity contribution in [3.63, 3.8) is 0 Å². The lowest BCUT2D eigenvalue weighted by Crippen LogP contribution is -1.93. The molecule has 0 unspecified atom stereocenters. The summed E-state index contributed by atoms with van der Waals surface area (Å²) < 4.78 is 10.7. The Morgan fingerprint density at radius 1 is 1.14 bits per heavy atom. The van der Waals surface area contributed by atoms with E-state index in [4.69, 9.17) is 14.4 Å². The molecule has 1 aliphatic heterocycles. The van der Waals surface area contributed by atoms with Crippen LogP contribution in [-0.4, -0.2) is 11.0 Å². The summed E-state index contributed by atoms with van der Waals surface area (Å²) in [6.45, 7) is 1.81. The Morgan fingerprint density at radius 3 is 2.71 bits per heavy atom. The molecule has 2 aromatic carbocycles. The second-order valence-corrected chi connectivity index (χ2v) is 6.00. The number of ether oxygens (including phenoxy) is 1. The van der Waals surface area contributed by atoms with Crippen molar-refractivity contribution in [1.29, 1.82) is 0 Å². The van der Waals surface area contributed by atoms with Gasteiger partial charge in [0.15, 0.2) is 5.76 Å². The van der Waals surface area contributed by atoms with E-state index in [1.807, 2.05) is 54.6 Å². The van der Waals surface area contributed by atoms with Crippen LogP contribution in [0.15, 0.2) is 89.6 Å². The van der Waals surface area contributed by atoms with E-state index >= 15 is 0 Å². The number of para-hydroxylation sites is 1. The van der Waals surface area contributed by atoms with Gasteiger partial charge in [-0.3, -0.25) is 15.5 Å². The van der Waals surface area contributed by atoms with Crippen molar-refractivity contribution in [3.8, 4) is 0 Å². The first-order valence-corrected chi connectivity index (χ1v) is 8.89. The minimum atomic E-state index is -0.0938. The van der Waals surface area contributed by atoms with Gasteiger partial charge < -0.3 is 9.15 Å². The number of allylic oxidation sites excluding steroid dienone is 4. The van der Waals surface area contributed by atoms with Crippen molar-refractivity contribution in [2.24, 2.45) is 0 Å². The van der Waals surface area contributed by atoms with Crippen LogP contribution in [0.25, 0.3) is 16.7 Å². The van der Waals surface area contributed by atoms with E-state index in [9.17, 15) is 4.79 Å². The van der Waals surface area contributed by atoms with Crippen LogP contribution in [0.5, 0.6) is 0 Å². The summed E-state index contributed by atoms with van der Waals surface area (Å²) >= 11 is 0.